The third-order valence-corrected chi connectivity index (χ3v) is 4.61. The van der Waals surface area contributed by atoms with Gasteiger partial charge in [-0.15, -0.1) is 10.1 Å². The third kappa shape index (κ3) is 7.29. The Balaban J connectivity index is 1.88. The molecule has 0 N–H and O–H groups in total. The van der Waals surface area contributed by atoms with Gasteiger partial charge in [0.2, 0.25) is 6.29 Å². The summed E-state index contributed by atoms with van der Waals surface area (Å²) in [5.41, 5.74) is 0.103. The lowest BCUT2D eigenvalue weighted by Gasteiger charge is -2.24. The lowest BCUT2D eigenvalue weighted by molar-refractivity contribution is -0.777. The van der Waals surface area contributed by atoms with Crippen molar-refractivity contribution in [3.05, 3.63) is 52.1 Å². The van der Waals surface area contributed by atoms with Crippen LogP contribution in [0, 0.1) is 15.5 Å². The zero-order chi connectivity index (χ0) is 23.9. The van der Waals surface area contributed by atoms with E-state index in [2.05, 4.69) is 9.57 Å². The highest BCUT2D eigenvalue weighted by molar-refractivity contribution is 5.86. The van der Waals surface area contributed by atoms with Crippen molar-refractivity contribution in [2.75, 3.05) is 20.3 Å². The molecular formula is C22H27NO9. The number of hydrogen-bond acceptors (Lipinski definition) is 9. The maximum atomic E-state index is 12.6. The van der Waals surface area contributed by atoms with Gasteiger partial charge in [-0.1, -0.05) is 38.1 Å². The Hall–Kier alpha value is -3.56. The maximum Gasteiger partial charge on any atom is 0.510 e. The first-order valence-electron chi connectivity index (χ1n) is 9.89. The van der Waals surface area contributed by atoms with E-state index in [1.807, 2.05) is 36.4 Å². The van der Waals surface area contributed by atoms with E-state index in [0.29, 0.717) is 0 Å². The molecule has 0 aromatic heterocycles. The van der Waals surface area contributed by atoms with E-state index in [0.717, 1.165) is 22.1 Å². The van der Waals surface area contributed by atoms with E-state index >= 15 is 0 Å². The lowest BCUT2D eigenvalue weighted by atomic mass is 9.95. The van der Waals surface area contributed by atoms with Crippen molar-refractivity contribution in [2.45, 2.75) is 39.9 Å². The number of hydrogen-bond donors (Lipinski definition) is 0. The maximum absolute atomic E-state index is 12.6. The molecule has 1 unspecified atom stereocenters. The predicted octanol–water partition coefficient (Wildman–Crippen LogP) is 4.23. The molecule has 2 atom stereocenters. The van der Waals surface area contributed by atoms with Gasteiger partial charge in [-0.2, -0.15) is 0 Å². The van der Waals surface area contributed by atoms with Crippen LogP contribution in [-0.4, -0.2) is 43.8 Å². The van der Waals surface area contributed by atoms with Crippen LogP contribution < -0.4 is 4.74 Å². The van der Waals surface area contributed by atoms with E-state index in [-0.39, 0.29) is 13.2 Å². The fourth-order valence-corrected chi connectivity index (χ4v) is 2.77. The molecule has 0 fully saturated rings. The van der Waals surface area contributed by atoms with E-state index in [4.69, 9.17) is 14.2 Å². The summed E-state index contributed by atoms with van der Waals surface area (Å²) in [5.74, 6) is -0.157. The molecule has 0 saturated carbocycles. The molecule has 0 saturated heterocycles. The van der Waals surface area contributed by atoms with Crippen molar-refractivity contribution in [3.63, 3.8) is 0 Å². The van der Waals surface area contributed by atoms with Crippen LogP contribution in [0.2, 0.25) is 0 Å². The molecular weight excluding hydrogens is 422 g/mol. The topological polar surface area (TPSA) is 123 Å². The van der Waals surface area contributed by atoms with Gasteiger partial charge < -0.3 is 18.9 Å². The molecule has 2 aromatic rings. The van der Waals surface area contributed by atoms with Crippen molar-refractivity contribution >= 4 is 22.9 Å². The fraction of sp³-hybridized carbons (Fsp3) is 0.455. The number of rotatable bonds is 10. The Morgan fingerprint density at radius 3 is 2.31 bits per heavy atom. The van der Waals surface area contributed by atoms with Crippen molar-refractivity contribution in [1.82, 2.24) is 0 Å². The molecule has 10 heteroatoms. The van der Waals surface area contributed by atoms with E-state index in [9.17, 15) is 19.7 Å². The predicted molar refractivity (Wildman–Crippen MR) is 114 cm³/mol. The van der Waals surface area contributed by atoms with Gasteiger partial charge in [-0.25, -0.2) is 4.79 Å². The monoisotopic (exact) mass is 449 g/mol. The SMILES string of the molecule is COc1ccc2cc([C@H](C)C(=O)OCC(C)(C)COC(=O)OC(C)O[N+](=O)[O-])ccc2c1. The molecule has 0 aliphatic rings. The first kappa shape index (κ1) is 24.7. The van der Waals surface area contributed by atoms with Crippen LogP contribution in [0.1, 0.15) is 39.2 Å². The van der Waals surface area contributed by atoms with Crippen LogP contribution in [0.4, 0.5) is 4.79 Å². The molecule has 0 aliphatic carbocycles. The number of carbonyl (C=O) groups excluding carboxylic acids is 2. The molecule has 32 heavy (non-hydrogen) atoms. The summed E-state index contributed by atoms with van der Waals surface area (Å²) in [6, 6.07) is 11.4. The molecule has 0 radical (unpaired) electrons. The van der Waals surface area contributed by atoms with Crippen molar-refractivity contribution in [1.29, 1.82) is 0 Å². The summed E-state index contributed by atoms with van der Waals surface area (Å²) in [6.07, 6.45) is -2.53. The second-order valence-corrected chi connectivity index (χ2v) is 8.02. The van der Waals surface area contributed by atoms with Gasteiger partial charge in [0.05, 0.1) is 19.6 Å². The van der Waals surface area contributed by atoms with Crippen LogP contribution in [0.3, 0.4) is 0 Å². The number of benzene rings is 2. The lowest BCUT2D eigenvalue weighted by Crippen LogP contribution is -2.31. The fourth-order valence-electron chi connectivity index (χ4n) is 2.77. The van der Waals surface area contributed by atoms with Gasteiger partial charge in [0.1, 0.15) is 12.4 Å². The Labute approximate surface area is 185 Å². The van der Waals surface area contributed by atoms with Crippen molar-refractivity contribution in [2.24, 2.45) is 5.41 Å². The number of fused-ring (bicyclic) bond motifs is 1. The minimum Gasteiger partial charge on any atom is -0.497 e. The molecule has 0 heterocycles. The number of nitrogens with zero attached hydrogens (tertiary/aromatic N) is 1. The minimum absolute atomic E-state index is 0.00478. The van der Waals surface area contributed by atoms with Gasteiger partial charge in [0.25, 0.3) is 5.09 Å². The summed E-state index contributed by atoms with van der Waals surface area (Å²) in [7, 11) is 1.61. The number of methoxy groups -OCH3 is 1. The molecule has 174 valence electrons. The van der Waals surface area contributed by atoms with Crippen molar-refractivity contribution in [3.8, 4) is 5.75 Å². The third-order valence-electron chi connectivity index (χ3n) is 4.61. The van der Waals surface area contributed by atoms with Gasteiger partial charge in [0, 0.05) is 5.41 Å². The van der Waals surface area contributed by atoms with E-state index < -0.39 is 34.8 Å². The molecule has 0 spiro atoms. The molecule has 2 aromatic carbocycles. The smallest absolute Gasteiger partial charge is 0.497 e. The largest absolute Gasteiger partial charge is 0.510 e. The molecule has 0 amide bonds. The molecule has 0 aliphatic heterocycles. The summed E-state index contributed by atoms with van der Waals surface area (Å²) in [4.78, 5) is 38.4. The summed E-state index contributed by atoms with van der Waals surface area (Å²) < 4.78 is 20.2. The second kappa shape index (κ2) is 10.7. The second-order valence-electron chi connectivity index (χ2n) is 8.02. The van der Waals surface area contributed by atoms with Crippen LogP contribution in [-0.2, 0) is 23.8 Å². The van der Waals surface area contributed by atoms with E-state index in [1.54, 1.807) is 27.9 Å². The Bertz CT molecular complexity index is 973. The highest BCUT2D eigenvalue weighted by Gasteiger charge is 2.26. The van der Waals surface area contributed by atoms with Gasteiger partial charge >= 0.3 is 12.1 Å². The highest BCUT2D eigenvalue weighted by Crippen LogP contribution is 2.26. The summed E-state index contributed by atoms with van der Waals surface area (Å²) >= 11 is 0. The average Bonchev–Trinajstić information content (AvgIpc) is 2.74. The zero-order valence-electron chi connectivity index (χ0n) is 18.7. The Kier molecular flexibility index (Phi) is 8.22. The number of carbonyl (C=O) groups is 2. The van der Waals surface area contributed by atoms with Crippen LogP contribution >= 0.6 is 0 Å². The van der Waals surface area contributed by atoms with Crippen LogP contribution in [0.25, 0.3) is 10.8 Å². The summed E-state index contributed by atoms with van der Waals surface area (Å²) in [6.45, 7) is 6.27. The highest BCUT2D eigenvalue weighted by atomic mass is 17.0. The van der Waals surface area contributed by atoms with Crippen LogP contribution in [0.15, 0.2) is 36.4 Å². The zero-order valence-corrected chi connectivity index (χ0v) is 18.7. The standard InChI is InChI=1S/C22H27NO9/c1-14(16-6-7-18-11-19(28-5)9-8-17(18)10-16)20(24)29-12-22(3,4)13-30-21(25)31-15(2)32-23(26)27/h6-11,14-15H,12-13H2,1-5H3/t14-,15?/m0/s1. The summed E-state index contributed by atoms with van der Waals surface area (Å²) in [5, 5.41) is 11.1. The first-order chi connectivity index (χ1) is 15.0. The normalized spacial score (nSPS) is 13.0. The van der Waals surface area contributed by atoms with Gasteiger partial charge in [-0.3, -0.25) is 9.63 Å². The average molecular weight is 449 g/mol. The number of esters is 1. The van der Waals surface area contributed by atoms with Gasteiger partial charge in [-0.05, 0) is 42.3 Å². The molecule has 10 nitrogen and oxygen atoms in total. The Morgan fingerprint density at radius 2 is 1.66 bits per heavy atom. The molecule has 2 rings (SSSR count). The first-order valence-corrected chi connectivity index (χ1v) is 9.89. The Morgan fingerprint density at radius 1 is 1.03 bits per heavy atom. The molecule has 0 bridgehead atoms. The van der Waals surface area contributed by atoms with Crippen molar-refractivity contribution < 1.29 is 38.5 Å². The number of ether oxygens (including phenoxy) is 4. The van der Waals surface area contributed by atoms with E-state index in [1.165, 1.54) is 6.92 Å². The quantitative estimate of drug-likeness (QED) is 0.227. The van der Waals surface area contributed by atoms with Crippen LogP contribution in [0.5, 0.6) is 5.75 Å². The minimum atomic E-state index is -1.40. The van der Waals surface area contributed by atoms with Gasteiger partial charge in [0.15, 0.2) is 0 Å².